The van der Waals surface area contributed by atoms with E-state index >= 15 is 0 Å². The molecule has 5 nitrogen and oxygen atoms in total. The van der Waals surface area contributed by atoms with Gasteiger partial charge in [-0.3, -0.25) is 19.7 Å². The van der Waals surface area contributed by atoms with Crippen molar-refractivity contribution >= 4 is 29.0 Å². The smallest absolute Gasteiger partial charge is 0.234 e. The van der Waals surface area contributed by atoms with E-state index in [1.54, 1.807) is 6.20 Å². The number of amides is 2. The van der Waals surface area contributed by atoms with Crippen LogP contribution in [0, 0.1) is 0 Å². The van der Waals surface area contributed by atoms with E-state index in [-0.39, 0.29) is 17.7 Å². The number of rotatable bonds is 2. The van der Waals surface area contributed by atoms with Crippen LogP contribution in [0.2, 0.25) is 0 Å². The number of carbonyl (C=O) groups is 3. The Bertz CT molecular complexity index is 730. The molecule has 0 aliphatic carbocycles. The van der Waals surface area contributed by atoms with Crippen LogP contribution in [-0.2, 0) is 16.6 Å². The van der Waals surface area contributed by atoms with E-state index in [9.17, 15) is 14.4 Å². The average molecular weight is 270 g/mol. The van der Waals surface area contributed by atoms with E-state index in [4.69, 9.17) is 0 Å². The van der Waals surface area contributed by atoms with Gasteiger partial charge in [-0.1, -0.05) is 6.07 Å². The minimum Gasteiger partial charge on any atom is -0.350 e. The number of aldehydes is 1. The van der Waals surface area contributed by atoms with Crippen molar-refractivity contribution in [3.05, 3.63) is 35.5 Å². The molecule has 1 saturated heterocycles. The SMILES string of the molecule is Cn1cc(C=O)c2cc(C3CCC(=O)NC3=O)ccc21. The first-order valence-corrected chi connectivity index (χ1v) is 6.48. The van der Waals surface area contributed by atoms with Gasteiger partial charge >= 0.3 is 0 Å². The highest BCUT2D eigenvalue weighted by Gasteiger charge is 2.28. The lowest BCUT2D eigenvalue weighted by molar-refractivity contribution is -0.134. The summed E-state index contributed by atoms with van der Waals surface area (Å²) in [6, 6.07) is 5.66. The zero-order valence-corrected chi connectivity index (χ0v) is 11.1. The molecule has 1 fully saturated rings. The van der Waals surface area contributed by atoms with Gasteiger partial charge in [0.15, 0.2) is 6.29 Å². The molecule has 2 aromatic rings. The number of nitrogens with one attached hydrogen (secondary N) is 1. The second-order valence-corrected chi connectivity index (χ2v) is 5.09. The Morgan fingerprint density at radius 1 is 1.35 bits per heavy atom. The van der Waals surface area contributed by atoms with Crippen LogP contribution in [0.5, 0.6) is 0 Å². The van der Waals surface area contributed by atoms with E-state index in [0.717, 1.165) is 22.8 Å². The fraction of sp³-hybridized carbons (Fsp3) is 0.267. The van der Waals surface area contributed by atoms with Crippen LogP contribution in [0.15, 0.2) is 24.4 Å². The highest BCUT2D eigenvalue weighted by Crippen LogP contribution is 2.29. The van der Waals surface area contributed by atoms with Crippen LogP contribution in [0.4, 0.5) is 0 Å². The van der Waals surface area contributed by atoms with Gasteiger partial charge in [0.1, 0.15) is 0 Å². The van der Waals surface area contributed by atoms with Gasteiger partial charge in [-0.2, -0.15) is 0 Å². The molecule has 1 atom stereocenters. The first kappa shape index (κ1) is 12.6. The van der Waals surface area contributed by atoms with Gasteiger partial charge in [0, 0.05) is 36.1 Å². The zero-order valence-electron chi connectivity index (χ0n) is 11.1. The third-order valence-electron chi connectivity index (χ3n) is 3.81. The largest absolute Gasteiger partial charge is 0.350 e. The predicted molar refractivity (Wildman–Crippen MR) is 73.4 cm³/mol. The minimum atomic E-state index is -0.322. The van der Waals surface area contributed by atoms with Crippen LogP contribution < -0.4 is 5.32 Å². The summed E-state index contributed by atoms with van der Waals surface area (Å²) in [7, 11) is 1.88. The quantitative estimate of drug-likeness (QED) is 0.664. The summed E-state index contributed by atoms with van der Waals surface area (Å²) in [6.45, 7) is 0. The number of piperidine rings is 1. The third-order valence-corrected chi connectivity index (χ3v) is 3.81. The maximum absolute atomic E-state index is 11.9. The molecule has 0 saturated carbocycles. The lowest BCUT2D eigenvalue weighted by Crippen LogP contribution is -2.39. The summed E-state index contributed by atoms with van der Waals surface area (Å²) < 4.78 is 1.88. The summed E-state index contributed by atoms with van der Waals surface area (Å²) in [4.78, 5) is 34.2. The molecule has 0 radical (unpaired) electrons. The first-order valence-electron chi connectivity index (χ1n) is 6.48. The van der Waals surface area contributed by atoms with Crippen LogP contribution in [0.25, 0.3) is 10.9 Å². The third kappa shape index (κ3) is 1.91. The van der Waals surface area contributed by atoms with Crippen LogP contribution in [0.1, 0.15) is 34.7 Å². The molecule has 0 bridgehead atoms. The number of hydrogen-bond acceptors (Lipinski definition) is 3. The second kappa shape index (κ2) is 4.59. The van der Waals surface area contributed by atoms with E-state index in [1.807, 2.05) is 29.8 Å². The summed E-state index contributed by atoms with van der Waals surface area (Å²) >= 11 is 0. The normalized spacial score (nSPS) is 19.1. The Morgan fingerprint density at radius 2 is 2.15 bits per heavy atom. The molecule has 2 amide bonds. The monoisotopic (exact) mass is 270 g/mol. The Labute approximate surface area is 115 Å². The van der Waals surface area contributed by atoms with E-state index in [0.29, 0.717) is 18.4 Å². The maximum atomic E-state index is 11.9. The van der Waals surface area contributed by atoms with Crippen molar-refractivity contribution in [2.24, 2.45) is 7.05 Å². The molecular formula is C15H14N2O3. The Kier molecular flexibility index (Phi) is 2.89. The van der Waals surface area contributed by atoms with Gasteiger partial charge < -0.3 is 4.57 Å². The van der Waals surface area contributed by atoms with Gasteiger partial charge in [-0.05, 0) is 24.1 Å². The molecule has 1 aromatic carbocycles. The van der Waals surface area contributed by atoms with E-state index in [2.05, 4.69) is 5.32 Å². The van der Waals surface area contributed by atoms with Gasteiger partial charge in [0.2, 0.25) is 11.8 Å². The molecular weight excluding hydrogens is 256 g/mol. The zero-order chi connectivity index (χ0) is 14.3. The molecule has 5 heteroatoms. The number of nitrogens with zero attached hydrogens (tertiary/aromatic N) is 1. The Balaban J connectivity index is 2.06. The fourth-order valence-corrected chi connectivity index (χ4v) is 2.76. The van der Waals surface area contributed by atoms with Gasteiger partial charge in [0.05, 0.1) is 5.92 Å². The molecule has 0 spiro atoms. The number of aryl methyl sites for hydroxylation is 1. The average Bonchev–Trinajstić information content (AvgIpc) is 2.75. The number of carbonyl (C=O) groups excluding carboxylic acids is 3. The van der Waals surface area contributed by atoms with Crippen LogP contribution >= 0.6 is 0 Å². The van der Waals surface area contributed by atoms with E-state index in [1.165, 1.54) is 0 Å². The lowest BCUT2D eigenvalue weighted by atomic mass is 9.89. The molecule has 1 N–H and O–H groups in total. The first-order chi connectivity index (χ1) is 9.60. The summed E-state index contributed by atoms with van der Waals surface area (Å²) in [5.41, 5.74) is 2.40. The minimum absolute atomic E-state index is 0.222. The molecule has 1 aliphatic rings. The molecule has 1 aromatic heterocycles. The fourth-order valence-electron chi connectivity index (χ4n) is 2.76. The standard InChI is InChI=1S/C15H14N2O3/c1-17-7-10(8-18)12-6-9(2-4-13(12)17)11-3-5-14(19)16-15(11)20/h2,4,6-8,11H,3,5H2,1H3,(H,16,19,20). The predicted octanol–water partition coefficient (Wildman–Crippen LogP) is 1.51. The van der Waals surface area contributed by atoms with Gasteiger partial charge in [-0.15, -0.1) is 0 Å². The van der Waals surface area contributed by atoms with Gasteiger partial charge in [0.25, 0.3) is 0 Å². The van der Waals surface area contributed by atoms with Crippen molar-refractivity contribution in [1.82, 2.24) is 9.88 Å². The molecule has 1 aliphatic heterocycles. The van der Waals surface area contributed by atoms with E-state index < -0.39 is 0 Å². The molecule has 20 heavy (non-hydrogen) atoms. The van der Waals surface area contributed by atoms with Crippen molar-refractivity contribution in [2.75, 3.05) is 0 Å². The van der Waals surface area contributed by atoms with Crippen LogP contribution in [0.3, 0.4) is 0 Å². The van der Waals surface area contributed by atoms with Crippen molar-refractivity contribution in [2.45, 2.75) is 18.8 Å². The summed E-state index contributed by atoms with van der Waals surface area (Å²) in [5.74, 6) is -0.804. The Morgan fingerprint density at radius 3 is 2.85 bits per heavy atom. The number of imide groups is 1. The Hall–Kier alpha value is -2.43. The lowest BCUT2D eigenvalue weighted by Gasteiger charge is -2.21. The highest BCUT2D eigenvalue weighted by atomic mass is 16.2. The topological polar surface area (TPSA) is 68.2 Å². The molecule has 3 rings (SSSR count). The van der Waals surface area contributed by atoms with Crippen molar-refractivity contribution in [3.63, 3.8) is 0 Å². The van der Waals surface area contributed by atoms with Gasteiger partial charge in [-0.25, -0.2) is 0 Å². The molecule has 1 unspecified atom stereocenters. The second-order valence-electron chi connectivity index (χ2n) is 5.09. The summed E-state index contributed by atoms with van der Waals surface area (Å²) in [6.07, 6.45) is 3.45. The van der Waals surface area contributed by atoms with Crippen molar-refractivity contribution in [3.8, 4) is 0 Å². The molecule has 102 valence electrons. The number of fused-ring (bicyclic) bond motifs is 1. The summed E-state index contributed by atoms with van der Waals surface area (Å²) in [5, 5.41) is 3.19. The molecule has 2 heterocycles. The number of benzene rings is 1. The van der Waals surface area contributed by atoms with Crippen molar-refractivity contribution < 1.29 is 14.4 Å². The number of hydrogen-bond donors (Lipinski definition) is 1. The number of aromatic nitrogens is 1. The van der Waals surface area contributed by atoms with Crippen LogP contribution in [-0.4, -0.2) is 22.7 Å². The highest BCUT2D eigenvalue weighted by molar-refractivity contribution is 6.02. The van der Waals surface area contributed by atoms with Crippen molar-refractivity contribution in [1.29, 1.82) is 0 Å². The maximum Gasteiger partial charge on any atom is 0.234 e.